The highest BCUT2D eigenvalue weighted by Crippen LogP contribution is 2.29. The Morgan fingerprint density at radius 2 is 2.00 bits per heavy atom. The SMILES string of the molecule is CCSC(Cc1ccc(OCCN2CSc3ccccc3C2=O)cc1)C(N)=O. The Labute approximate surface area is 174 Å². The summed E-state index contributed by atoms with van der Waals surface area (Å²) >= 11 is 3.23. The molecule has 0 fully saturated rings. The van der Waals surface area contributed by atoms with Crippen molar-refractivity contribution >= 4 is 35.3 Å². The van der Waals surface area contributed by atoms with E-state index in [0.717, 1.165) is 27.5 Å². The molecule has 7 heteroatoms. The number of nitrogens with two attached hydrogens (primary N) is 1. The van der Waals surface area contributed by atoms with Crippen LogP contribution in [-0.4, -0.2) is 46.7 Å². The molecule has 2 aromatic carbocycles. The fourth-order valence-electron chi connectivity index (χ4n) is 2.96. The van der Waals surface area contributed by atoms with Gasteiger partial charge in [0.25, 0.3) is 5.91 Å². The molecule has 0 bridgehead atoms. The number of carbonyl (C=O) groups is 2. The monoisotopic (exact) mass is 416 g/mol. The number of rotatable bonds is 9. The summed E-state index contributed by atoms with van der Waals surface area (Å²) in [5, 5.41) is -0.206. The molecule has 1 aliphatic heterocycles. The first-order valence-electron chi connectivity index (χ1n) is 9.22. The number of fused-ring (bicyclic) bond motifs is 1. The van der Waals surface area contributed by atoms with Crippen molar-refractivity contribution in [3.63, 3.8) is 0 Å². The van der Waals surface area contributed by atoms with Crippen LogP contribution in [-0.2, 0) is 11.2 Å². The molecule has 148 valence electrons. The number of benzene rings is 2. The summed E-state index contributed by atoms with van der Waals surface area (Å²) in [4.78, 5) is 26.9. The predicted octanol–water partition coefficient (Wildman–Crippen LogP) is 3.42. The summed E-state index contributed by atoms with van der Waals surface area (Å²) in [6.45, 7) is 2.99. The van der Waals surface area contributed by atoms with Crippen LogP contribution in [0.25, 0.3) is 0 Å². The molecule has 2 amide bonds. The molecule has 0 radical (unpaired) electrons. The summed E-state index contributed by atoms with van der Waals surface area (Å²) in [5.41, 5.74) is 7.27. The standard InChI is InChI=1S/C21H24N2O3S2/c1-2-27-19(20(22)24)13-15-7-9-16(10-8-15)26-12-11-23-14-28-18-6-4-3-5-17(18)21(23)25/h3-10,19H,2,11-14H2,1H3,(H2,22,24). The van der Waals surface area contributed by atoms with Crippen molar-refractivity contribution in [2.24, 2.45) is 5.73 Å². The van der Waals surface area contributed by atoms with Gasteiger partial charge in [-0.05, 0) is 42.0 Å². The van der Waals surface area contributed by atoms with Gasteiger partial charge >= 0.3 is 0 Å². The third-order valence-electron chi connectivity index (χ3n) is 4.44. The van der Waals surface area contributed by atoms with E-state index in [1.807, 2.05) is 55.5 Å². The number of ether oxygens (including phenoxy) is 1. The molecular formula is C21H24N2O3S2. The van der Waals surface area contributed by atoms with Gasteiger partial charge in [-0.2, -0.15) is 0 Å². The van der Waals surface area contributed by atoms with Crippen LogP contribution in [0.1, 0.15) is 22.8 Å². The van der Waals surface area contributed by atoms with Crippen molar-refractivity contribution in [2.75, 3.05) is 24.8 Å². The Bertz CT molecular complexity index is 827. The normalized spacial score (nSPS) is 14.5. The number of thioether (sulfide) groups is 2. The number of primary amides is 1. The molecule has 3 rings (SSSR count). The molecule has 0 saturated heterocycles. The van der Waals surface area contributed by atoms with Gasteiger partial charge in [-0.15, -0.1) is 23.5 Å². The Balaban J connectivity index is 1.49. The zero-order valence-electron chi connectivity index (χ0n) is 15.8. The van der Waals surface area contributed by atoms with E-state index in [1.54, 1.807) is 28.4 Å². The minimum absolute atomic E-state index is 0.0548. The fourth-order valence-corrected chi connectivity index (χ4v) is 4.87. The first-order valence-corrected chi connectivity index (χ1v) is 11.3. The molecule has 0 spiro atoms. The molecule has 0 aliphatic carbocycles. The molecule has 1 unspecified atom stereocenters. The van der Waals surface area contributed by atoms with Crippen molar-refractivity contribution in [1.29, 1.82) is 0 Å². The second-order valence-electron chi connectivity index (χ2n) is 6.38. The highest BCUT2D eigenvalue weighted by Gasteiger charge is 2.24. The summed E-state index contributed by atoms with van der Waals surface area (Å²) in [6.07, 6.45) is 0.618. The third kappa shape index (κ3) is 5.23. The highest BCUT2D eigenvalue weighted by atomic mass is 32.2. The van der Waals surface area contributed by atoms with Gasteiger partial charge < -0.3 is 15.4 Å². The fraction of sp³-hybridized carbons (Fsp3) is 0.333. The van der Waals surface area contributed by atoms with Crippen LogP contribution < -0.4 is 10.5 Å². The minimum Gasteiger partial charge on any atom is -0.492 e. The van der Waals surface area contributed by atoms with E-state index < -0.39 is 0 Å². The zero-order valence-corrected chi connectivity index (χ0v) is 17.4. The maximum atomic E-state index is 12.5. The minimum atomic E-state index is -0.280. The summed E-state index contributed by atoms with van der Waals surface area (Å²) in [7, 11) is 0. The second-order valence-corrected chi connectivity index (χ2v) is 8.85. The molecule has 28 heavy (non-hydrogen) atoms. The molecule has 0 aromatic heterocycles. The van der Waals surface area contributed by atoms with Crippen molar-refractivity contribution in [1.82, 2.24) is 4.90 Å². The highest BCUT2D eigenvalue weighted by molar-refractivity contribution is 8.00. The van der Waals surface area contributed by atoms with Gasteiger partial charge in [-0.1, -0.05) is 31.2 Å². The largest absolute Gasteiger partial charge is 0.492 e. The lowest BCUT2D eigenvalue weighted by atomic mass is 10.1. The number of amides is 2. The number of carbonyl (C=O) groups excluding carboxylic acids is 2. The molecule has 0 saturated carbocycles. The maximum absolute atomic E-state index is 12.5. The van der Waals surface area contributed by atoms with E-state index in [2.05, 4.69) is 0 Å². The lowest BCUT2D eigenvalue weighted by molar-refractivity contribution is -0.117. The Morgan fingerprint density at radius 1 is 1.25 bits per heavy atom. The van der Waals surface area contributed by atoms with E-state index in [1.165, 1.54) is 0 Å². The van der Waals surface area contributed by atoms with Crippen LogP contribution in [0.4, 0.5) is 0 Å². The predicted molar refractivity (Wildman–Crippen MR) is 115 cm³/mol. The van der Waals surface area contributed by atoms with Gasteiger partial charge in [0, 0.05) is 4.90 Å². The first-order chi connectivity index (χ1) is 13.6. The van der Waals surface area contributed by atoms with Gasteiger partial charge in [0.15, 0.2) is 0 Å². The lowest BCUT2D eigenvalue weighted by Crippen LogP contribution is -2.37. The Hall–Kier alpha value is -2.12. The first kappa shape index (κ1) is 20.6. The average Bonchev–Trinajstić information content (AvgIpc) is 2.70. The van der Waals surface area contributed by atoms with E-state index >= 15 is 0 Å². The van der Waals surface area contributed by atoms with Crippen LogP contribution in [0.5, 0.6) is 5.75 Å². The van der Waals surface area contributed by atoms with Crippen LogP contribution >= 0.6 is 23.5 Å². The summed E-state index contributed by atoms with van der Waals surface area (Å²) in [6, 6.07) is 15.4. The zero-order chi connectivity index (χ0) is 19.9. The number of hydrogen-bond donors (Lipinski definition) is 1. The number of nitrogens with zero attached hydrogens (tertiary/aromatic N) is 1. The van der Waals surface area contributed by atoms with E-state index in [-0.39, 0.29) is 17.1 Å². The molecule has 5 nitrogen and oxygen atoms in total. The molecular weight excluding hydrogens is 392 g/mol. The van der Waals surface area contributed by atoms with Crippen molar-refractivity contribution < 1.29 is 14.3 Å². The van der Waals surface area contributed by atoms with Gasteiger partial charge in [-0.25, -0.2) is 0 Å². The van der Waals surface area contributed by atoms with Crippen LogP contribution in [0.3, 0.4) is 0 Å². The lowest BCUT2D eigenvalue weighted by Gasteiger charge is -2.27. The van der Waals surface area contributed by atoms with E-state index in [9.17, 15) is 9.59 Å². The van der Waals surface area contributed by atoms with Crippen LogP contribution in [0, 0.1) is 0 Å². The molecule has 2 N–H and O–H groups in total. The van der Waals surface area contributed by atoms with Gasteiger partial charge in [0.05, 0.1) is 23.2 Å². The van der Waals surface area contributed by atoms with E-state index in [0.29, 0.717) is 25.4 Å². The van der Waals surface area contributed by atoms with Crippen LogP contribution in [0.2, 0.25) is 0 Å². The van der Waals surface area contributed by atoms with Crippen LogP contribution in [0.15, 0.2) is 53.4 Å². The average molecular weight is 417 g/mol. The molecule has 1 heterocycles. The van der Waals surface area contributed by atoms with Gasteiger partial charge in [0.1, 0.15) is 12.4 Å². The van der Waals surface area contributed by atoms with E-state index in [4.69, 9.17) is 10.5 Å². The molecule has 2 aromatic rings. The molecule has 1 aliphatic rings. The van der Waals surface area contributed by atoms with Crippen molar-refractivity contribution in [3.05, 3.63) is 59.7 Å². The quantitative estimate of drug-likeness (QED) is 0.678. The summed E-state index contributed by atoms with van der Waals surface area (Å²) in [5.74, 6) is 2.02. The Morgan fingerprint density at radius 3 is 2.71 bits per heavy atom. The van der Waals surface area contributed by atoms with Gasteiger partial charge in [-0.3, -0.25) is 9.59 Å². The summed E-state index contributed by atoms with van der Waals surface area (Å²) < 4.78 is 5.80. The van der Waals surface area contributed by atoms with Crippen molar-refractivity contribution in [2.45, 2.75) is 23.5 Å². The molecule has 1 atom stereocenters. The van der Waals surface area contributed by atoms with Gasteiger partial charge in [0.2, 0.25) is 5.91 Å². The Kier molecular flexibility index (Phi) is 7.28. The topological polar surface area (TPSA) is 72.6 Å². The number of hydrogen-bond acceptors (Lipinski definition) is 5. The third-order valence-corrected chi connectivity index (χ3v) is 6.68. The van der Waals surface area contributed by atoms with Crippen molar-refractivity contribution in [3.8, 4) is 5.75 Å². The maximum Gasteiger partial charge on any atom is 0.255 e. The second kappa shape index (κ2) is 9.89. The smallest absolute Gasteiger partial charge is 0.255 e.